The SMILES string of the molecule is CC(NC(=O)c1ccc(Cl)o1)c1cccc2ccccc12. The zero-order chi connectivity index (χ0) is 14.8. The molecule has 2 aromatic carbocycles. The molecule has 1 atom stereocenters. The normalized spacial score (nSPS) is 12.3. The molecule has 3 aromatic rings. The Labute approximate surface area is 127 Å². The molecule has 1 aromatic heterocycles. The second-order valence-corrected chi connectivity index (χ2v) is 5.24. The van der Waals surface area contributed by atoms with Crippen molar-refractivity contribution in [2.75, 3.05) is 0 Å². The van der Waals surface area contributed by atoms with Crippen molar-refractivity contribution in [1.82, 2.24) is 5.32 Å². The quantitative estimate of drug-likeness (QED) is 0.769. The number of halogens is 1. The fraction of sp³-hybridized carbons (Fsp3) is 0.118. The molecule has 0 saturated heterocycles. The molecule has 1 amide bonds. The molecule has 0 aliphatic carbocycles. The maximum absolute atomic E-state index is 12.1. The molecule has 1 N–H and O–H groups in total. The van der Waals surface area contributed by atoms with Crippen molar-refractivity contribution < 1.29 is 9.21 Å². The van der Waals surface area contributed by atoms with Crippen molar-refractivity contribution in [1.29, 1.82) is 0 Å². The highest BCUT2D eigenvalue weighted by Crippen LogP contribution is 2.24. The lowest BCUT2D eigenvalue weighted by molar-refractivity contribution is 0.0912. The standard InChI is InChI=1S/C17H14ClNO2/c1-11(19-17(20)15-9-10-16(18)21-15)13-8-4-6-12-5-2-3-7-14(12)13/h2-11H,1H3,(H,19,20). The number of hydrogen-bond acceptors (Lipinski definition) is 2. The van der Waals surface area contributed by atoms with Crippen LogP contribution in [0.4, 0.5) is 0 Å². The molecule has 4 heteroatoms. The van der Waals surface area contributed by atoms with Crippen LogP contribution in [0.25, 0.3) is 10.8 Å². The molecule has 0 spiro atoms. The first-order valence-electron chi connectivity index (χ1n) is 6.69. The van der Waals surface area contributed by atoms with Crippen molar-refractivity contribution in [3.05, 3.63) is 71.1 Å². The first-order valence-corrected chi connectivity index (χ1v) is 7.07. The van der Waals surface area contributed by atoms with Gasteiger partial charge in [0.1, 0.15) is 0 Å². The van der Waals surface area contributed by atoms with Crippen molar-refractivity contribution in [3.63, 3.8) is 0 Å². The van der Waals surface area contributed by atoms with Crippen LogP contribution in [0.2, 0.25) is 5.22 Å². The van der Waals surface area contributed by atoms with Crippen LogP contribution in [0.5, 0.6) is 0 Å². The van der Waals surface area contributed by atoms with Crippen molar-refractivity contribution in [3.8, 4) is 0 Å². The maximum atomic E-state index is 12.1. The van der Waals surface area contributed by atoms with Gasteiger partial charge in [-0.05, 0) is 47.0 Å². The molecule has 0 fully saturated rings. The van der Waals surface area contributed by atoms with Gasteiger partial charge in [-0.25, -0.2) is 0 Å². The summed E-state index contributed by atoms with van der Waals surface area (Å²) in [6, 6.07) is 17.1. The number of furan rings is 1. The van der Waals surface area contributed by atoms with Crippen LogP contribution < -0.4 is 5.32 Å². The second kappa shape index (κ2) is 5.62. The van der Waals surface area contributed by atoms with E-state index in [1.165, 1.54) is 0 Å². The summed E-state index contributed by atoms with van der Waals surface area (Å²) < 4.78 is 5.12. The Kier molecular flexibility index (Phi) is 3.67. The lowest BCUT2D eigenvalue weighted by Gasteiger charge is -2.15. The number of nitrogens with one attached hydrogen (secondary N) is 1. The van der Waals surface area contributed by atoms with Crippen LogP contribution in [0.3, 0.4) is 0 Å². The highest BCUT2D eigenvalue weighted by Gasteiger charge is 2.16. The molecule has 0 aliphatic heterocycles. The number of benzene rings is 2. The van der Waals surface area contributed by atoms with Gasteiger partial charge in [0.25, 0.3) is 5.91 Å². The molecule has 0 bridgehead atoms. The highest BCUT2D eigenvalue weighted by molar-refractivity contribution is 6.29. The minimum Gasteiger partial charge on any atom is -0.440 e. The van der Waals surface area contributed by atoms with E-state index < -0.39 is 0 Å². The summed E-state index contributed by atoms with van der Waals surface area (Å²) in [7, 11) is 0. The van der Waals surface area contributed by atoms with Crippen molar-refractivity contribution in [2.45, 2.75) is 13.0 Å². The summed E-state index contributed by atoms with van der Waals surface area (Å²) in [5.41, 5.74) is 1.07. The minimum atomic E-state index is -0.276. The molecular formula is C17H14ClNO2. The summed E-state index contributed by atoms with van der Waals surface area (Å²) in [6.45, 7) is 1.95. The third-order valence-corrected chi connectivity index (χ3v) is 3.64. The first kappa shape index (κ1) is 13.7. The minimum absolute atomic E-state index is 0.132. The van der Waals surface area contributed by atoms with Crippen molar-refractivity contribution >= 4 is 28.3 Å². The van der Waals surface area contributed by atoms with E-state index in [4.69, 9.17) is 16.0 Å². The predicted molar refractivity (Wildman–Crippen MR) is 83.5 cm³/mol. The number of hydrogen-bond donors (Lipinski definition) is 1. The van der Waals surface area contributed by atoms with Crippen molar-refractivity contribution in [2.24, 2.45) is 0 Å². The largest absolute Gasteiger partial charge is 0.440 e. The summed E-state index contributed by atoms with van der Waals surface area (Å²) in [6.07, 6.45) is 0. The van der Waals surface area contributed by atoms with Gasteiger partial charge in [-0.15, -0.1) is 0 Å². The number of rotatable bonds is 3. The van der Waals surface area contributed by atoms with Gasteiger partial charge in [0.15, 0.2) is 11.0 Å². The predicted octanol–water partition coefficient (Wildman–Crippen LogP) is 4.58. The topological polar surface area (TPSA) is 42.2 Å². The van der Waals surface area contributed by atoms with E-state index in [1.54, 1.807) is 12.1 Å². The van der Waals surface area contributed by atoms with Gasteiger partial charge in [0.05, 0.1) is 6.04 Å². The molecule has 1 unspecified atom stereocenters. The Bertz CT molecular complexity index is 789. The molecule has 0 saturated carbocycles. The Morgan fingerprint density at radius 2 is 1.86 bits per heavy atom. The van der Waals surface area contributed by atoms with Gasteiger partial charge in [-0.1, -0.05) is 42.5 Å². The van der Waals surface area contributed by atoms with E-state index in [9.17, 15) is 4.79 Å². The molecule has 1 heterocycles. The Morgan fingerprint density at radius 1 is 1.10 bits per heavy atom. The molecule has 3 rings (SSSR count). The molecule has 3 nitrogen and oxygen atoms in total. The molecule has 21 heavy (non-hydrogen) atoms. The smallest absolute Gasteiger partial charge is 0.287 e. The second-order valence-electron chi connectivity index (χ2n) is 4.87. The van der Waals surface area contributed by atoms with Crippen LogP contribution in [0, 0.1) is 0 Å². The average Bonchev–Trinajstić information content (AvgIpc) is 2.93. The zero-order valence-electron chi connectivity index (χ0n) is 11.5. The summed E-state index contributed by atoms with van der Waals surface area (Å²) in [4.78, 5) is 12.1. The van der Waals surface area contributed by atoms with Crippen LogP contribution >= 0.6 is 11.6 Å². The van der Waals surface area contributed by atoms with Crippen LogP contribution in [-0.4, -0.2) is 5.91 Å². The summed E-state index contributed by atoms with van der Waals surface area (Å²) in [5.74, 6) is -0.0607. The third-order valence-electron chi connectivity index (χ3n) is 3.43. The van der Waals surface area contributed by atoms with E-state index in [0.29, 0.717) is 0 Å². The van der Waals surface area contributed by atoms with Crippen LogP contribution in [-0.2, 0) is 0 Å². The van der Waals surface area contributed by atoms with Gasteiger partial charge in [0.2, 0.25) is 0 Å². The van der Waals surface area contributed by atoms with E-state index in [0.717, 1.165) is 16.3 Å². The Hall–Kier alpha value is -2.26. The first-order chi connectivity index (χ1) is 10.1. The number of fused-ring (bicyclic) bond motifs is 1. The van der Waals surface area contributed by atoms with Gasteiger partial charge in [0, 0.05) is 0 Å². The molecule has 106 valence electrons. The van der Waals surface area contributed by atoms with E-state index >= 15 is 0 Å². The highest BCUT2D eigenvalue weighted by atomic mass is 35.5. The third kappa shape index (κ3) is 2.78. The van der Waals surface area contributed by atoms with Gasteiger partial charge < -0.3 is 9.73 Å². The van der Waals surface area contributed by atoms with E-state index in [-0.39, 0.29) is 22.9 Å². The van der Waals surface area contributed by atoms with Gasteiger partial charge in [-0.3, -0.25) is 4.79 Å². The van der Waals surface area contributed by atoms with Gasteiger partial charge in [-0.2, -0.15) is 0 Å². The summed E-state index contributed by atoms with van der Waals surface area (Å²) >= 11 is 5.69. The fourth-order valence-corrected chi connectivity index (χ4v) is 2.56. The Balaban J connectivity index is 1.87. The molecule has 0 radical (unpaired) electrons. The van der Waals surface area contributed by atoms with E-state index in [1.807, 2.05) is 31.2 Å². The monoisotopic (exact) mass is 299 g/mol. The average molecular weight is 300 g/mol. The lowest BCUT2D eigenvalue weighted by Crippen LogP contribution is -2.26. The number of carbonyl (C=O) groups excluding carboxylic acids is 1. The number of amides is 1. The zero-order valence-corrected chi connectivity index (χ0v) is 12.2. The van der Waals surface area contributed by atoms with Gasteiger partial charge >= 0.3 is 0 Å². The molecule has 0 aliphatic rings. The van der Waals surface area contributed by atoms with Crippen LogP contribution in [0.15, 0.2) is 59.0 Å². The Morgan fingerprint density at radius 3 is 2.62 bits per heavy atom. The maximum Gasteiger partial charge on any atom is 0.287 e. The fourth-order valence-electron chi connectivity index (χ4n) is 2.41. The lowest BCUT2D eigenvalue weighted by atomic mass is 9.99. The van der Waals surface area contributed by atoms with E-state index in [2.05, 4.69) is 23.5 Å². The molecular weight excluding hydrogens is 286 g/mol. The summed E-state index contributed by atoms with van der Waals surface area (Å²) in [5, 5.41) is 5.41. The van der Waals surface area contributed by atoms with Crippen LogP contribution in [0.1, 0.15) is 29.1 Å². The number of carbonyl (C=O) groups is 1.